The van der Waals surface area contributed by atoms with Gasteiger partial charge in [0.05, 0.1) is 0 Å². The van der Waals surface area contributed by atoms with Crippen molar-refractivity contribution < 1.29 is 19.8 Å². The van der Waals surface area contributed by atoms with Gasteiger partial charge < -0.3 is 10.2 Å². The predicted octanol–water partition coefficient (Wildman–Crippen LogP) is 2.15. The molecule has 0 saturated carbocycles. The van der Waals surface area contributed by atoms with Gasteiger partial charge in [0, 0.05) is 12.8 Å². The Bertz CT molecular complexity index is 239. The Labute approximate surface area is 89.6 Å². The third-order valence-corrected chi connectivity index (χ3v) is 2.62. The number of rotatable bonds is 7. The van der Waals surface area contributed by atoms with E-state index in [9.17, 15) is 9.59 Å². The first-order chi connectivity index (χ1) is 6.79. The van der Waals surface area contributed by atoms with Gasteiger partial charge in [0.1, 0.15) is 0 Å². The van der Waals surface area contributed by atoms with Crippen LogP contribution in [-0.4, -0.2) is 22.2 Å². The zero-order chi connectivity index (χ0) is 12.1. The molecular weight excluding hydrogens is 196 g/mol. The number of aliphatic carboxylic acids is 2. The van der Waals surface area contributed by atoms with Gasteiger partial charge in [-0.1, -0.05) is 19.9 Å². The molecule has 0 spiro atoms. The first-order valence-electron chi connectivity index (χ1n) is 4.84. The monoisotopic (exact) mass is 214 g/mol. The lowest BCUT2D eigenvalue weighted by Crippen LogP contribution is -2.28. The summed E-state index contributed by atoms with van der Waals surface area (Å²) in [5, 5.41) is 17.4. The van der Waals surface area contributed by atoms with Crippen LogP contribution in [0.5, 0.6) is 0 Å². The van der Waals surface area contributed by atoms with Crippen molar-refractivity contribution in [2.45, 2.75) is 33.1 Å². The minimum atomic E-state index is -0.960. The molecule has 0 fully saturated rings. The molecule has 0 aromatic rings. The Kier molecular flexibility index (Phi) is 5.05. The zero-order valence-electron chi connectivity index (χ0n) is 9.19. The molecule has 0 radical (unpaired) electrons. The van der Waals surface area contributed by atoms with E-state index in [4.69, 9.17) is 10.2 Å². The fourth-order valence-corrected chi connectivity index (χ4v) is 1.59. The molecule has 86 valence electrons. The van der Waals surface area contributed by atoms with Crippen molar-refractivity contribution in [1.82, 2.24) is 0 Å². The van der Waals surface area contributed by atoms with E-state index in [1.54, 1.807) is 6.08 Å². The number of allylic oxidation sites excluding steroid dienone is 1. The summed E-state index contributed by atoms with van der Waals surface area (Å²) in [5.74, 6) is -2.29. The van der Waals surface area contributed by atoms with Crippen molar-refractivity contribution in [3.05, 3.63) is 12.7 Å². The van der Waals surface area contributed by atoms with E-state index in [2.05, 4.69) is 6.58 Å². The molecule has 0 bridgehead atoms. The number of hydrogen-bond donors (Lipinski definition) is 2. The van der Waals surface area contributed by atoms with Gasteiger partial charge in [-0.3, -0.25) is 9.59 Å². The van der Waals surface area contributed by atoms with Crippen molar-refractivity contribution in [1.29, 1.82) is 0 Å². The standard InChI is InChI=1S/C11H18O4/c1-4-5-11(2,3)8(6-9(12)13)7-10(14)15/h4,8H,1,5-7H2,2-3H3,(H,12,13)(H,14,15). The summed E-state index contributed by atoms with van der Waals surface area (Å²) < 4.78 is 0. The topological polar surface area (TPSA) is 74.6 Å². The molecule has 0 heterocycles. The summed E-state index contributed by atoms with van der Waals surface area (Å²) in [6.45, 7) is 7.32. The molecule has 0 aliphatic heterocycles. The summed E-state index contributed by atoms with van der Waals surface area (Å²) in [6.07, 6.45) is 2.06. The predicted molar refractivity (Wildman–Crippen MR) is 56.6 cm³/mol. The second-order valence-corrected chi connectivity index (χ2v) is 4.37. The van der Waals surface area contributed by atoms with Crippen LogP contribution in [0.25, 0.3) is 0 Å². The fraction of sp³-hybridized carbons (Fsp3) is 0.636. The van der Waals surface area contributed by atoms with Crippen LogP contribution in [0.3, 0.4) is 0 Å². The highest BCUT2D eigenvalue weighted by Crippen LogP contribution is 2.35. The number of carboxylic acid groups (broad SMARTS) is 2. The normalized spacial score (nSPS) is 11.4. The van der Waals surface area contributed by atoms with Gasteiger partial charge in [-0.2, -0.15) is 0 Å². The Morgan fingerprint density at radius 2 is 1.67 bits per heavy atom. The molecule has 0 unspecified atom stereocenters. The van der Waals surface area contributed by atoms with E-state index in [0.29, 0.717) is 6.42 Å². The van der Waals surface area contributed by atoms with E-state index in [-0.39, 0.29) is 24.2 Å². The zero-order valence-corrected chi connectivity index (χ0v) is 9.19. The Morgan fingerprint density at radius 3 is 1.93 bits per heavy atom. The number of carbonyl (C=O) groups is 2. The van der Waals surface area contributed by atoms with Crippen molar-refractivity contribution in [2.24, 2.45) is 11.3 Å². The van der Waals surface area contributed by atoms with Gasteiger partial charge in [0.2, 0.25) is 0 Å². The molecule has 0 rings (SSSR count). The molecule has 4 nitrogen and oxygen atoms in total. The molecule has 2 N–H and O–H groups in total. The maximum absolute atomic E-state index is 10.6. The second-order valence-electron chi connectivity index (χ2n) is 4.37. The summed E-state index contributed by atoms with van der Waals surface area (Å²) >= 11 is 0. The van der Waals surface area contributed by atoms with E-state index in [1.807, 2.05) is 13.8 Å². The van der Waals surface area contributed by atoms with Gasteiger partial charge >= 0.3 is 11.9 Å². The average Bonchev–Trinajstić information content (AvgIpc) is 2.00. The van der Waals surface area contributed by atoms with E-state index in [1.165, 1.54) is 0 Å². The lowest BCUT2D eigenvalue weighted by Gasteiger charge is -2.31. The maximum Gasteiger partial charge on any atom is 0.303 e. The maximum atomic E-state index is 10.6. The molecule has 0 aromatic heterocycles. The SMILES string of the molecule is C=CCC(C)(C)C(CC(=O)O)CC(=O)O. The van der Waals surface area contributed by atoms with Crippen LogP contribution in [0.15, 0.2) is 12.7 Å². The molecule has 0 aliphatic carbocycles. The highest BCUT2D eigenvalue weighted by molar-refractivity contribution is 5.71. The first kappa shape index (κ1) is 13.7. The van der Waals surface area contributed by atoms with E-state index < -0.39 is 11.9 Å². The van der Waals surface area contributed by atoms with Crippen LogP contribution in [0.1, 0.15) is 33.1 Å². The van der Waals surface area contributed by atoms with Crippen LogP contribution >= 0.6 is 0 Å². The number of hydrogen-bond acceptors (Lipinski definition) is 2. The average molecular weight is 214 g/mol. The highest BCUT2D eigenvalue weighted by Gasteiger charge is 2.31. The number of carboxylic acids is 2. The summed E-state index contributed by atoms with van der Waals surface area (Å²) in [6, 6.07) is 0. The molecule has 0 aromatic carbocycles. The minimum Gasteiger partial charge on any atom is -0.481 e. The smallest absolute Gasteiger partial charge is 0.303 e. The van der Waals surface area contributed by atoms with Crippen LogP contribution in [0, 0.1) is 11.3 Å². The molecule has 4 heteroatoms. The van der Waals surface area contributed by atoms with E-state index in [0.717, 1.165) is 0 Å². The van der Waals surface area contributed by atoms with Gasteiger partial charge in [0.25, 0.3) is 0 Å². The van der Waals surface area contributed by atoms with Crippen LogP contribution in [0.2, 0.25) is 0 Å². The van der Waals surface area contributed by atoms with Crippen LogP contribution in [-0.2, 0) is 9.59 Å². The van der Waals surface area contributed by atoms with Gasteiger partial charge in [-0.05, 0) is 17.8 Å². The van der Waals surface area contributed by atoms with Crippen molar-refractivity contribution in [2.75, 3.05) is 0 Å². The fourth-order valence-electron chi connectivity index (χ4n) is 1.59. The van der Waals surface area contributed by atoms with Crippen LogP contribution in [0.4, 0.5) is 0 Å². The minimum absolute atomic E-state index is 0.118. The quantitative estimate of drug-likeness (QED) is 0.637. The molecule has 0 aliphatic rings. The summed E-state index contributed by atoms with van der Waals surface area (Å²) in [4.78, 5) is 21.2. The van der Waals surface area contributed by atoms with E-state index >= 15 is 0 Å². The lowest BCUT2D eigenvalue weighted by molar-refractivity contribution is -0.142. The Balaban J connectivity index is 4.65. The van der Waals surface area contributed by atoms with Gasteiger partial charge in [-0.25, -0.2) is 0 Å². The lowest BCUT2D eigenvalue weighted by atomic mass is 9.73. The van der Waals surface area contributed by atoms with Crippen molar-refractivity contribution in [3.8, 4) is 0 Å². The van der Waals surface area contributed by atoms with Gasteiger partial charge in [-0.15, -0.1) is 6.58 Å². The molecule has 0 atom stereocenters. The first-order valence-corrected chi connectivity index (χ1v) is 4.84. The molecule has 0 amide bonds. The summed E-state index contributed by atoms with van der Waals surface area (Å²) in [5.41, 5.74) is -0.349. The Morgan fingerprint density at radius 1 is 1.27 bits per heavy atom. The van der Waals surface area contributed by atoms with Crippen molar-refractivity contribution >= 4 is 11.9 Å². The second kappa shape index (κ2) is 5.53. The van der Waals surface area contributed by atoms with Gasteiger partial charge in [0.15, 0.2) is 0 Å². The molecule has 15 heavy (non-hydrogen) atoms. The largest absolute Gasteiger partial charge is 0.481 e. The third kappa shape index (κ3) is 5.20. The highest BCUT2D eigenvalue weighted by atomic mass is 16.4. The molecular formula is C11H18O4. The van der Waals surface area contributed by atoms with Crippen molar-refractivity contribution in [3.63, 3.8) is 0 Å². The van der Waals surface area contributed by atoms with Crippen LogP contribution < -0.4 is 0 Å². The Hall–Kier alpha value is -1.32. The summed E-state index contributed by atoms with van der Waals surface area (Å²) in [7, 11) is 0. The third-order valence-electron chi connectivity index (χ3n) is 2.62. The molecule has 0 saturated heterocycles.